The van der Waals surface area contributed by atoms with E-state index in [2.05, 4.69) is 0 Å². The van der Waals surface area contributed by atoms with Gasteiger partial charge in [0.2, 0.25) is 0 Å². The summed E-state index contributed by atoms with van der Waals surface area (Å²) in [5.41, 5.74) is 0.205. The largest absolute Gasteiger partial charge is 0.309 e. The number of halogens is 1. The van der Waals surface area contributed by atoms with E-state index in [4.69, 9.17) is 0 Å². The number of nitrogens with zero attached hydrogens (tertiary/aromatic N) is 1. The fraction of sp³-hybridized carbons (Fsp3) is 0.462. The Morgan fingerprint density at radius 1 is 1.38 bits per heavy atom. The zero-order chi connectivity index (χ0) is 12.1. The van der Waals surface area contributed by atoms with Crippen molar-refractivity contribution in [2.45, 2.75) is 13.3 Å². The molecule has 1 unspecified atom stereocenters. The minimum Gasteiger partial charge on any atom is -0.309 e. The number of hydrogen-bond acceptors (Lipinski definition) is 2. The summed E-state index contributed by atoms with van der Waals surface area (Å²) < 4.78 is 13.4. The molecule has 2 nitrogen and oxygen atoms in total. The van der Waals surface area contributed by atoms with Crippen LogP contribution in [0.3, 0.4) is 0 Å². The molecule has 1 rings (SSSR count). The van der Waals surface area contributed by atoms with E-state index in [0.717, 1.165) is 6.42 Å². The van der Waals surface area contributed by atoms with Crippen molar-refractivity contribution in [3.63, 3.8) is 0 Å². The number of benzene rings is 1. The van der Waals surface area contributed by atoms with Crippen LogP contribution in [0.1, 0.15) is 23.7 Å². The van der Waals surface area contributed by atoms with Crippen LogP contribution in [-0.4, -0.2) is 31.3 Å². The molecule has 0 aliphatic rings. The van der Waals surface area contributed by atoms with Gasteiger partial charge >= 0.3 is 0 Å². The van der Waals surface area contributed by atoms with Crippen molar-refractivity contribution in [2.24, 2.45) is 5.92 Å². The summed E-state index contributed by atoms with van der Waals surface area (Å²) in [6.07, 6.45) is 0.728. The summed E-state index contributed by atoms with van der Waals surface area (Å²) in [7, 11) is 3.83. The number of hydrogen-bond donors (Lipinski definition) is 0. The summed E-state index contributed by atoms with van der Waals surface area (Å²) in [6, 6.07) is 6.17. The standard InChI is InChI=1S/C13H18FNO/c1-4-10(9-15(2)3)13(16)11-7-5-6-8-12(11)14/h5-8,10H,4,9H2,1-3H3. The van der Waals surface area contributed by atoms with Crippen molar-refractivity contribution in [1.82, 2.24) is 4.90 Å². The first-order valence-electron chi connectivity index (χ1n) is 5.49. The molecule has 1 aromatic carbocycles. The zero-order valence-electron chi connectivity index (χ0n) is 10.0. The third-order valence-corrected chi connectivity index (χ3v) is 2.59. The lowest BCUT2D eigenvalue weighted by atomic mass is 9.94. The Morgan fingerprint density at radius 2 is 2.00 bits per heavy atom. The van der Waals surface area contributed by atoms with Gasteiger partial charge in [0, 0.05) is 12.5 Å². The van der Waals surface area contributed by atoms with Crippen LogP contribution in [-0.2, 0) is 0 Å². The first-order valence-corrected chi connectivity index (χ1v) is 5.49. The average Bonchev–Trinajstić information content (AvgIpc) is 2.25. The van der Waals surface area contributed by atoms with Crippen molar-refractivity contribution in [3.8, 4) is 0 Å². The van der Waals surface area contributed by atoms with E-state index in [-0.39, 0.29) is 17.3 Å². The van der Waals surface area contributed by atoms with Gasteiger partial charge in [0.15, 0.2) is 5.78 Å². The van der Waals surface area contributed by atoms with Crippen LogP contribution in [0, 0.1) is 11.7 Å². The maximum absolute atomic E-state index is 13.4. The Balaban J connectivity index is 2.87. The molecule has 0 aliphatic heterocycles. The monoisotopic (exact) mass is 223 g/mol. The molecule has 0 saturated heterocycles. The first-order chi connectivity index (χ1) is 7.56. The summed E-state index contributed by atoms with van der Waals surface area (Å²) in [5.74, 6) is -0.661. The minimum atomic E-state index is -0.426. The number of rotatable bonds is 5. The Bertz CT molecular complexity index is 363. The molecular weight excluding hydrogens is 205 g/mol. The number of Topliss-reactive ketones (excluding diaryl/α,β-unsaturated/α-hetero) is 1. The van der Waals surface area contributed by atoms with Gasteiger partial charge < -0.3 is 4.90 Å². The van der Waals surface area contributed by atoms with Crippen LogP contribution in [0.15, 0.2) is 24.3 Å². The van der Waals surface area contributed by atoms with Crippen molar-refractivity contribution >= 4 is 5.78 Å². The molecule has 0 amide bonds. The predicted octanol–water partition coefficient (Wildman–Crippen LogP) is 2.60. The molecule has 0 fully saturated rings. The van der Waals surface area contributed by atoms with E-state index >= 15 is 0 Å². The Kier molecular flexibility index (Phi) is 4.62. The van der Waals surface area contributed by atoms with E-state index in [1.54, 1.807) is 18.2 Å². The summed E-state index contributed by atoms with van der Waals surface area (Å²) >= 11 is 0. The molecule has 0 radical (unpaired) electrons. The van der Waals surface area contributed by atoms with Gasteiger partial charge in [-0.1, -0.05) is 19.1 Å². The fourth-order valence-electron chi connectivity index (χ4n) is 1.72. The molecule has 1 atom stereocenters. The maximum atomic E-state index is 13.4. The quantitative estimate of drug-likeness (QED) is 0.715. The van der Waals surface area contributed by atoms with E-state index in [1.165, 1.54) is 6.07 Å². The Hall–Kier alpha value is -1.22. The average molecular weight is 223 g/mol. The lowest BCUT2D eigenvalue weighted by Crippen LogP contribution is -2.28. The SMILES string of the molecule is CCC(CN(C)C)C(=O)c1ccccc1F. The first kappa shape index (κ1) is 12.8. The second kappa shape index (κ2) is 5.75. The highest BCUT2D eigenvalue weighted by atomic mass is 19.1. The summed E-state index contributed by atoms with van der Waals surface area (Å²) in [6.45, 7) is 2.61. The number of carbonyl (C=O) groups is 1. The lowest BCUT2D eigenvalue weighted by molar-refractivity contribution is 0.0889. The maximum Gasteiger partial charge on any atom is 0.170 e. The van der Waals surface area contributed by atoms with Gasteiger partial charge in [-0.15, -0.1) is 0 Å². The van der Waals surface area contributed by atoms with E-state index in [0.29, 0.717) is 6.54 Å². The molecule has 0 N–H and O–H groups in total. The Morgan fingerprint density at radius 3 is 2.50 bits per heavy atom. The lowest BCUT2D eigenvalue weighted by Gasteiger charge is -2.18. The van der Waals surface area contributed by atoms with Gasteiger partial charge in [0.1, 0.15) is 5.82 Å². The van der Waals surface area contributed by atoms with Gasteiger partial charge in [-0.25, -0.2) is 4.39 Å². The van der Waals surface area contributed by atoms with E-state index in [1.807, 2.05) is 25.9 Å². The number of ketones is 1. The van der Waals surface area contributed by atoms with Gasteiger partial charge in [-0.05, 0) is 32.6 Å². The van der Waals surface area contributed by atoms with Crippen LogP contribution in [0.4, 0.5) is 4.39 Å². The normalized spacial score (nSPS) is 12.8. The van der Waals surface area contributed by atoms with Gasteiger partial charge in [0.05, 0.1) is 5.56 Å². The van der Waals surface area contributed by atoms with Crippen LogP contribution in [0.5, 0.6) is 0 Å². The molecule has 0 saturated carbocycles. The van der Waals surface area contributed by atoms with Crippen molar-refractivity contribution in [3.05, 3.63) is 35.6 Å². The molecule has 16 heavy (non-hydrogen) atoms. The van der Waals surface area contributed by atoms with Crippen LogP contribution >= 0.6 is 0 Å². The van der Waals surface area contributed by atoms with Gasteiger partial charge in [-0.2, -0.15) is 0 Å². The molecule has 0 aromatic heterocycles. The molecule has 0 heterocycles. The van der Waals surface area contributed by atoms with Crippen LogP contribution < -0.4 is 0 Å². The second-order valence-electron chi connectivity index (χ2n) is 4.21. The molecular formula is C13H18FNO. The topological polar surface area (TPSA) is 20.3 Å². The predicted molar refractivity (Wildman–Crippen MR) is 63.1 cm³/mol. The third-order valence-electron chi connectivity index (χ3n) is 2.59. The van der Waals surface area contributed by atoms with Crippen molar-refractivity contribution in [1.29, 1.82) is 0 Å². The van der Waals surface area contributed by atoms with Crippen molar-refractivity contribution in [2.75, 3.05) is 20.6 Å². The minimum absolute atomic E-state index is 0.102. The molecule has 0 bridgehead atoms. The molecule has 0 spiro atoms. The molecule has 88 valence electrons. The molecule has 0 aliphatic carbocycles. The highest BCUT2D eigenvalue weighted by Gasteiger charge is 2.21. The summed E-state index contributed by atoms with van der Waals surface area (Å²) in [4.78, 5) is 14.0. The fourth-order valence-corrected chi connectivity index (χ4v) is 1.72. The van der Waals surface area contributed by atoms with E-state index < -0.39 is 5.82 Å². The number of carbonyl (C=O) groups excluding carboxylic acids is 1. The molecule has 1 aromatic rings. The highest BCUT2D eigenvalue weighted by Crippen LogP contribution is 2.16. The summed E-state index contributed by atoms with van der Waals surface area (Å²) in [5, 5.41) is 0. The smallest absolute Gasteiger partial charge is 0.170 e. The van der Waals surface area contributed by atoms with Crippen molar-refractivity contribution < 1.29 is 9.18 Å². The third kappa shape index (κ3) is 3.14. The molecule has 3 heteroatoms. The van der Waals surface area contributed by atoms with E-state index in [9.17, 15) is 9.18 Å². The van der Waals surface area contributed by atoms with Gasteiger partial charge in [0.25, 0.3) is 0 Å². The van der Waals surface area contributed by atoms with Gasteiger partial charge in [-0.3, -0.25) is 4.79 Å². The van der Waals surface area contributed by atoms with Crippen LogP contribution in [0.25, 0.3) is 0 Å². The second-order valence-corrected chi connectivity index (χ2v) is 4.21. The Labute approximate surface area is 96.1 Å². The van der Waals surface area contributed by atoms with Crippen LogP contribution in [0.2, 0.25) is 0 Å². The highest BCUT2D eigenvalue weighted by molar-refractivity contribution is 5.98. The zero-order valence-corrected chi connectivity index (χ0v) is 10.0.